The number of benzene rings is 4. The van der Waals surface area contributed by atoms with Crippen LogP contribution in [0.2, 0.25) is 0 Å². The Kier molecular flexibility index (Phi) is 8.50. The number of hydrogen-bond acceptors (Lipinski definition) is 4. The van der Waals surface area contributed by atoms with Crippen molar-refractivity contribution in [1.82, 2.24) is 10.2 Å². The van der Waals surface area contributed by atoms with Crippen LogP contribution >= 0.6 is 0 Å². The predicted molar refractivity (Wildman–Crippen MR) is 171 cm³/mol. The molecule has 1 aliphatic heterocycles. The van der Waals surface area contributed by atoms with Gasteiger partial charge in [0.15, 0.2) is 0 Å². The lowest BCUT2D eigenvalue weighted by Gasteiger charge is -2.32. The van der Waals surface area contributed by atoms with Gasteiger partial charge in [-0.05, 0) is 64.6 Å². The van der Waals surface area contributed by atoms with E-state index in [2.05, 4.69) is 78.0 Å². The Balaban J connectivity index is 1.32. The summed E-state index contributed by atoms with van der Waals surface area (Å²) >= 11 is 0. The van der Waals surface area contributed by atoms with Crippen LogP contribution in [0.4, 0.5) is 16.2 Å². The number of fused-ring (bicyclic) bond motifs is 1. The molecule has 7 nitrogen and oxygen atoms in total. The minimum Gasteiger partial charge on any atom is -0.495 e. The lowest BCUT2D eigenvalue weighted by Crippen LogP contribution is -2.54. The topological polar surface area (TPSA) is 82.7 Å². The van der Waals surface area contributed by atoms with E-state index in [4.69, 9.17) is 4.74 Å². The monoisotopic (exact) mass is 564 g/mol. The largest absolute Gasteiger partial charge is 0.495 e. The van der Waals surface area contributed by atoms with Gasteiger partial charge in [0.2, 0.25) is 5.91 Å². The Bertz CT molecular complexity index is 1590. The molecule has 7 heteroatoms. The van der Waals surface area contributed by atoms with E-state index in [1.54, 1.807) is 7.11 Å². The number of amides is 3. The molecular weight excluding hydrogens is 524 g/mol. The van der Waals surface area contributed by atoms with Crippen molar-refractivity contribution in [3.05, 3.63) is 90.0 Å². The third-order valence-electron chi connectivity index (χ3n) is 8.06. The molecule has 1 unspecified atom stereocenters. The molecule has 4 aromatic rings. The average Bonchev–Trinajstić information content (AvgIpc) is 2.98. The normalized spacial score (nSPS) is 15.7. The number of urea groups is 1. The Morgan fingerprint density at radius 2 is 1.67 bits per heavy atom. The fourth-order valence-electron chi connectivity index (χ4n) is 5.47. The number of rotatable bonds is 7. The SMILES string of the molecule is COc1ccc(C(C)(C)C)cc1NC(=O)Nc1ccc(-c2ccc(CCN3CCNC(=O)C3C)cc2)c2ccccc12. The van der Waals surface area contributed by atoms with Crippen LogP contribution in [0.25, 0.3) is 21.9 Å². The van der Waals surface area contributed by atoms with Crippen molar-refractivity contribution in [3.63, 3.8) is 0 Å². The van der Waals surface area contributed by atoms with Crippen molar-refractivity contribution in [3.8, 4) is 16.9 Å². The molecule has 0 saturated carbocycles. The molecule has 0 bridgehead atoms. The van der Waals surface area contributed by atoms with Gasteiger partial charge in [0, 0.05) is 25.0 Å². The van der Waals surface area contributed by atoms with Crippen LogP contribution in [0.5, 0.6) is 5.75 Å². The number of ether oxygens (including phenoxy) is 1. The first-order valence-electron chi connectivity index (χ1n) is 14.5. The minimum atomic E-state index is -0.331. The summed E-state index contributed by atoms with van der Waals surface area (Å²) in [7, 11) is 1.60. The third-order valence-corrected chi connectivity index (χ3v) is 8.06. The van der Waals surface area contributed by atoms with Gasteiger partial charge in [-0.15, -0.1) is 0 Å². The molecule has 1 saturated heterocycles. The van der Waals surface area contributed by atoms with Gasteiger partial charge in [0.05, 0.1) is 24.5 Å². The first kappa shape index (κ1) is 29.1. The van der Waals surface area contributed by atoms with Crippen molar-refractivity contribution in [2.45, 2.75) is 45.6 Å². The van der Waals surface area contributed by atoms with Crippen molar-refractivity contribution < 1.29 is 14.3 Å². The molecule has 1 aliphatic rings. The van der Waals surface area contributed by atoms with Gasteiger partial charge in [-0.2, -0.15) is 0 Å². The molecule has 3 amide bonds. The fraction of sp³-hybridized carbons (Fsp3) is 0.314. The molecular formula is C35H40N4O3. The maximum Gasteiger partial charge on any atom is 0.323 e. The summed E-state index contributed by atoms with van der Waals surface area (Å²) in [6.07, 6.45) is 0.889. The number of carbonyl (C=O) groups excluding carboxylic acids is 2. The van der Waals surface area contributed by atoms with E-state index in [0.29, 0.717) is 18.0 Å². The second-order valence-electron chi connectivity index (χ2n) is 11.9. The quantitative estimate of drug-likeness (QED) is 0.230. The molecule has 4 aromatic carbocycles. The molecule has 0 radical (unpaired) electrons. The average molecular weight is 565 g/mol. The lowest BCUT2D eigenvalue weighted by molar-refractivity contribution is -0.128. The third kappa shape index (κ3) is 6.42. The Hall–Kier alpha value is -4.36. The highest BCUT2D eigenvalue weighted by atomic mass is 16.5. The number of methoxy groups -OCH3 is 1. The minimum absolute atomic E-state index is 0.0621. The molecule has 1 heterocycles. The van der Waals surface area contributed by atoms with Crippen molar-refractivity contribution in [2.75, 3.05) is 37.4 Å². The second-order valence-corrected chi connectivity index (χ2v) is 11.9. The standard InChI is InChI=1S/C35H40N4O3/c1-23-33(40)36-19-21-39(23)20-18-24-10-12-25(13-11-24)27-15-16-30(29-9-7-6-8-28(27)29)37-34(41)38-31-22-26(35(2,3)4)14-17-32(31)42-5/h6-17,22-23H,18-21H2,1-5H3,(H,36,40)(H2,37,38,41). The smallest absolute Gasteiger partial charge is 0.323 e. The van der Waals surface area contributed by atoms with E-state index in [-0.39, 0.29) is 23.4 Å². The summed E-state index contributed by atoms with van der Waals surface area (Å²) in [6.45, 7) is 10.8. The molecule has 218 valence electrons. The summed E-state index contributed by atoms with van der Waals surface area (Å²) in [6, 6.07) is 26.2. The molecule has 42 heavy (non-hydrogen) atoms. The predicted octanol–water partition coefficient (Wildman–Crippen LogP) is 6.82. The second kappa shape index (κ2) is 12.2. The number of nitrogens with zero attached hydrogens (tertiary/aromatic N) is 1. The maximum absolute atomic E-state index is 13.2. The van der Waals surface area contributed by atoms with Crippen molar-refractivity contribution >= 4 is 34.1 Å². The van der Waals surface area contributed by atoms with Gasteiger partial charge < -0.3 is 20.7 Å². The van der Waals surface area contributed by atoms with E-state index < -0.39 is 0 Å². The van der Waals surface area contributed by atoms with Gasteiger partial charge in [0.1, 0.15) is 5.75 Å². The molecule has 1 atom stereocenters. The summed E-state index contributed by atoms with van der Waals surface area (Å²) in [5.41, 5.74) is 5.85. The van der Waals surface area contributed by atoms with Gasteiger partial charge in [-0.3, -0.25) is 9.69 Å². The van der Waals surface area contributed by atoms with Crippen LogP contribution in [0.1, 0.15) is 38.8 Å². The molecule has 3 N–H and O–H groups in total. The van der Waals surface area contributed by atoms with Crippen LogP contribution in [0, 0.1) is 0 Å². The number of piperazine rings is 1. The van der Waals surface area contributed by atoms with E-state index in [1.165, 1.54) is 5.56 Å². The summed E-state index contributed by atoms with van der Waals surface area (Å²) in [5, 5.41) is 11.0. The van der Waals surface area contributed by atoms with Crippen molar-refractivity contribution in [1.29, 1.82) is 0 Å². The number of anilines is 2. The molecule has 0 spiro atoms. The zero-order valence-electron chi connectivity index (χ0n) is 25.1. The Morgan fingerprint density at radius 1 is 0.952 bits per heavy atom. The van der Waals surface area contributed by atoms with Gasteiger partial charge in [0.25, 0.3) is 0 Å². The van der Waals surface area contributed by atoms with Crippen LogP contribution < -0.4 is 20.7 Å². The first-order valence-corrected chi connectivity index (χ1v) is 14.5. The number of carbonyl (C=O) groups is 2. The highest BCUT2D eigenvalue weighted by Crippen LogP contribution is 2.35. The van der Waals surface area contributed by atoms with Crippen LogP contribution in [0.15, 0.2) is 78.9 Å². The van der Waals surface area contributed by atoms with Gasteiger partial charge >= 0.3 is 6.03 Å². The van der Waals surface area contributed by atoms with Gasteiger partial charge in [-0.1, -0.05) is 81.4 Å². The van der Waals surface area contributed by atoms with E-state index in [1.807, 2.05) is 49.4 Å². The number of hydrogen-bond donors (Lipinski definition) is 3. The zero-order chi connectivity index (χ0) is 29.9. The van der Waals surface area contributed by atoms with Crippen molar-refractivity contribution in [2.24, 2.45) is 0 Å². The van der Waals surface area contributed by atoms with E-state index in [9.17, 15) is 9.59 Å². The first-order chi connectivity index (χ1) is 20.1. The van der Waals surface area contributed by atoms with Crippen LogP contribution in [-0.4, -0.2) is 49.6 Å². The van der Waals surface area contributed by atoms with Crippen LogP contribution in [0.3, 0.4) is 0 Å². The fourth-order valence-corrected chi connectivity index (χ4v) is 5.47. The van der Waals surface area contributed by atoms with E-state index >= 15 is 0 Å². The highest BCUT2D eigenvalue weighted by Gasteiger charge is 2.24. The molecule has 5 rings (SSSR count). The van der Waals surface area contributed by atoms with Gasteiger partial charge in [-0.25, -0.2) is 4.79 Å². The zero-order valence-corrected chi connectivity index (χ0v) is 25.1. The summed E-state index contributed by atoms with van der Waals surface area (Å²) < 4.78 is 5.50. The molecule has 1 fully saturated rings. The van der Waals surface area contributed by atoms with E-state index in [0.717, 1.165) is 52.7 Å². The van der Waals surface area contributed by atoms with Crippen LogP contribution in [-0.2, 0) is 16.6 Å². The molecule has 0 aromatic heterocycles. The highest BCUT2D eigenvalue weighted by molar-refractivity contribution is 6.10. The number of nitrogens with one attached hydrogen (secondary N) is 3. The maximum atomic E-state index is 13.2. The molecule has 0 aliphatic carbocycles. The summed E-state index contributed by atoms with van der Waals surface area (Å²) in [5.74, 6) is 0.714. The Labute approximate surface area is 248 Å². The lowest BCUT2D eigenvalue weighted by atomic mass is 9.87. The summed E-state index contributed by atoms with van der Waals surface area (Å²) in [4.78, 5) is 27.4. The Morgan fingerprint density at radius 3 is 2.38 bits per heavy atom.